The highest BCUT2D eigenvalue weighted by molar-refractivity contribution is 5.81. The minimum absolute atomic E-state index is 0.0233. The van der Waals surface area contributed by atoms with Crippen molar-refractivity contribution in [3.8, 4) is 23.0 Å². The van der Waals surface area contributed by atoms with Crippen molar-refractivity contribution in [3.63, 3.8) is 0 Å². The monoisotopic (exact) mass is 496 g/mol. The summed E-state index contributed by atoms with van der Waals surface area (Å²) < 4.78 is 29.2. The molecule has 1 atom stereocenters. The van der Waals surface area contributed by atoms with E-state index in [-0.39, 0.29) is 5.91 Å². The van der Waals surface area contributed by atoms with Gasteiger partial charge in [-0.1, -0.05) is 32.0 Å². The third-order valence-electron chi connectivity index (χ3n) is 6.55. The number of rotatable bonds is 7. The van der Waals surface area contributed by atoms with Crippen molar-refractivity contribution in [1.82, 2.24) is 9.80 Å². The molecular weight excluding hydrogens is 460 g/mol. The normalized spacial score (nSPS) is 19.6. The number of carbonyl (C=O) groups excluding carboxylic acids is 1. The van der Waals surface area contributed by atoms with Crippen molar-refractivity contribution in [2.24, 2.45) is 5.92 Å². The fourth-order valence-electron chi connectivity index (χ4n) is 4.90. The van der Waals surface area contributed by atoms with Crippen LogP contribution >= 0.6 is 0 Å². The topological polar surface area (TPSA) is 69.7 Å². The quantitative estimate of drug-likeness (QED) is 0.581. The van der Waals surface area contributed by atoms with Crippen LogP contribution in [0.3, 0.4) is 0 Å². The minimum Gasteiger partial charge on any atom is -0.490 e. The highest BCUT2D eigenvalue weighted by atomic mass is 16.6. The van der Waals surface area contributed by atoms with Gasteiger partial charge in [-0.05, 0) is 29.7 Å². The van der Waals surface area contributed by atoms with Crippen LogP contribution in [0.25, 0.3) is 0 Å². The first kappa shape index (κ1) is 24.7. The molecule has 5 rings (SSSR count). The van der Waals surface area contributed by atoms with Gasteiger partial charge in [-0.2, -0.15) is 0 Å². The van der Waals surface area contributed by atoms with Crippen LogP contribution in [0.2, 0.25) is 0 Å². The number of fused-ring (bicyclic) bond motifs is 2. The second-order valence-electron chi connectivity index (χ2n) is 9.98. The molecule has 2 aromatic carbocycles. The zero-order valence-corrected chi connectivity index (χ0v) is 21.2. The average molecular weight is 497 g/mol. The summed E-state index contributed by atoms with van der Waals surface area (Å²) in [7, 11) is 0. The van der Waals surface area contributed by atoms with E-state index in [4.69, 9.17) is 23.7 Å². The summed E-state index contributed by atoms with van der Waals surface area (Å²) in [5.74, 6) is 3.48. The molecule has 0 spiro atoms. The molecule has 3 heterocycles. The highest BCUT2D eigenvalue weighted by Crippen LogP contribution is 2.35. The van der Waals surface area contributed by atoms with Gasteiger partial charge in [0.05, 0.1) is 19.8 Å². The molecule has 8 heteroatoms. The molecule has 0 bridgehead atoms. The second kappa shape index (κ2) is 11.4. The van der Waals surface area contributed by atoms with E-state index in [2.05, 4.69) is 24.8 Å². The summed E-state index contributed by atoms with van der Waals surface area (Å²) in [6.45, 7) is 10.3. The van der Waals surface area contributed by atoms with Crippen molar-refractivity contribution in [1.29, 1.82) is 0 Å². The molecule has 194 valence electrons. The lowest BCUT2D eigenvalue weighted by atomic mass is 10.1. The summed E-state index contributed by atoms with van der Waals surface area (Å²) in [4.78, 5) is 17.9. The van der Waals surface area contributed by atoms with Crippen LogP contribution in [0, 0.1) is 5.92 Å². The summed E-state index contributed by atoms with van der Waals surface area (Å²) in [6, 6.07) is 11.9. The first-order chi connectivity index (χ1) is 17.6. The molecule has 1 fully saturated rings. The molecule has 0 radical (unpaired) electrons. The lowest BCUT2D eigenvalue weighted by Gasteiger charge is -2.36. The van der Waals surface area contributed by atoms with Gasteiger partial charge in [0.25, 0.3) is 5.91 Å². The summed E-state index contributed by atoms with van der Waals surface area (Å²) >= 11 is 0. The number of nitrogens with zero attached hydrogens (tertiary/aromatic N) is 2. The van der Waals surface area contributed by atoms with E-state index in [9.17, 15) is 4.79 Å². The predicted molar refractivity (Wildman–Crippen MR) is 135 cm³/mol. The first-order valence-electron chi connectivity index (χ1n) is 13.0. The molecule has 8 nitrogen and oxygen atoms in total. The number of benzene rings is 2. The molecule has 2 aromatic rings. The maximum Gasteiger partial charge on any atom is 0.253 e. The Morgan fingerprint density at radius 3 is 2.64 bits per heavy atom. The van der Waals surface area contributed by atoms with E-state index in [0.29, 0.717) is 65.1 Å². The number of amides is 1. The number of morpholine rings is 1. The van der Waals surface area contributed by atoms with Crippen molar-refractivity contribution < 1.29 is 28.5 Å². The molecule has 0 aliphatic carbocycles. The molecule has 0 saturated carbocycles. The van der Waals surface area contributed by atoms with Gasteiger partial charge in [0.15, 0.2) is 23.0 Å². The highest BCUT2D eigenvalue weighted by Gasteiger charge is 2.31. The SMILES string of the molecule is CC(C)CN(Cc1ccc2c(c1)OCCCO2)C(=O)C1CN(Cc2cccc3c2OCCO3)CCO1. The Bertz CT molecular complexity index is 1060. The van der Waals surface area contributed by atoms with E-state index in [1.807, 2.05) is 35.2 Å². The van der Waals surface area contributed by atoms with Crippen molar-refractivity contribution >= 4 is 5.91 Å². The van der Waals surface area contributed by atoms with Crippen LogP contribution in [0.15, 0.2) is 36.4 Å². The second-order valence-corrected chi connectivity index (χ2v) is 9.98. The first-order valence-corrected chi connectivity index (χ1v) is 13.0. The van der Waals surface area contributed by atoms with Crippen LogP contribution < -0.4 is 18.9 Å². The summed E-state index contributed by atoms with van der Waals surface area (Å²) in [6.07, 6.45) is 0.359. The Balaban J connectivity index is 1.27. The minimum atomic E-state index is -0.505. The lowest BCUT2D eigenvalue weighted by molar-refractivity contribution is -0.151. The number of hydrogen-bond donors (Lipinski definition) is 0. The molecule has 1 amide bonds. The molecular formula is C28H36N2O6. The fourth-order valence-corrected chi connectivity index (χ4v) is 4.90. The Morgan fingerprint density at radius 1 is 0.972 bits per heavy atom. The van der Waals surface area contributed by atoms with Gasteiger partial charge in [-0.15, -0.1) is 0 Å². The maximum absolute atomic E-state index is 13.7. The average Bonchev–Trinajstić information content (AvgIpc) is 3.13. The smallest absolute Gasteiger partial charge is 0.253 e. The van der Waals surface area contributed by atoms with E-state index < -0.39 is 6.10 Å². The molecule has 0 N–H and O–H groups in total. The number of carbonyl (C=O) groups is 1. The van der Waals surface area contributed by atoms with Crippen LogP contribution in [-0.2, 0) is 22.6 Å². The van der Waals surface area contributed by atoms with E-state index in [1.54, 1.807) is 0 Å². The molecule has 3 aliphatic heterocycles. The third-order valence-corrected chi connectivity index (χ3v) is 6.55. The van der Waals surface area contributed by atoms with Crippen LogP contribution in [0.1, 0.15) is 31.4 Å². The molecule has 3 aliphatic rings. The van der Waals surface area contributed by atoms with Crippen molar-refractivity contribution in [3.05, 3.63) is 47.5 Å². The van der Waals surface area contributed by atoms with Gasteiger partial charge in [0.2, 0.25) is 0 Å². The Hall–Kier alpha value is -2.97. The molecule has 1 saturated heterocycles. The lowest BCUT2D eigenvalue weighted by Crippen LogP contribution is -2.51. The molecule has 0 aromatic heterocycles. The Morgan fingerprint density at radius 2 is 1.78 bits per heavy atom. The van der Waals surface area contributed by atoms with Crippen molar-refractivity contribution in [2.45, 2.75) is 39.5 Å². The third kappa shape index (κ3) is 5.87. The summed E-state index contributed by atoms with van der Waals surface area (Å²) in [5.41, 5.74) is 2.10. The largest absolute Gasteiger partial charge is 0.490 e. The van der Waals surface area contributed by atoms with Gasteiger partial charge in [-0.3, -0.25) is 9.69 Å². The van der Waals surface area contributed by atoms with Gasteiger partial charge < -0.3 is 28.6 Å². The predicted octanol–water partition coefficient (Wildman–Crippen LogP) is 3.50. The van der Waals surface area contributed by atoms with Gasteiger partial charge >= 0.3 is 0 Å². The van der Waals surface area contributed by atoms with E-state index >= 15 is 0 Å². The van der Waals surface area contributed by atoms with Gasteiger partial charge in [-0.25, -0.2) is 0 Å². The van der Waals surface area contributed by atoms with E-state index in [0.717, 1.165) is 47.1 Å². The molecule has 1 unspecified atom stereocenters. The standard InChI is InChI=1S/C28H36N2O6/c1-20(2)16-30(17-21-7-8-23-25(15-21)33-11-4-10-32-23)28(31)26-19-29(9-12-34-26)18-22-5-3-6-24-27(22)36-14-13-35-24/h3,5-8,15,20,26H,4,9-14,16-19H2,1-2H3. The van der Waals surface area contributed by atoms with Crippen molar-refractivity contribution in [2.75, 3.05) is 52.7 Å². The molecule has 36 heavy (non-hydrogen) atoms. The zero-order chi connectivity index (χ0) is 24.9. The maximum atomic E-state index is 13.7. The number of hydrogen-bond acceptors (Lipinski definition) is 7. The fraction of sp³-hybridized carbons (Fsp3) is 0.536. The Labute approximate surface area is 213 Å². The number of para-hydroxylation sites is 1. The van der Waals surface area contributed by atoms with Gasteiger partial charge in [0.1, 0.15) is 19.3 Å². The van der Waals surface area contributed by atoms with Crippen LogP contribution in [0.4, 0.5) is 0 Å². The Kier molecular flexibility index (Phi) is 7.82. The number of ether oxygens (including phenoxy) is 5. The van der Waals surface area contributed by atoms with Gasteiger partial charge in [0, 0.05) is 44.7 Å². The van der Waals surface area contributed by atoms with Crippen LogP contribution in [-0.4, -0.2) is 74.5 Å². The van der Waals surface area contributed by atoms with E-state index in [1.165, 1.54) is 0 Å². The zero-order valence-electron chi connectivity index (χ0n) is 21.2. The van der Waals surface area contributed by atoms with Crippen LogP contribution in [0.5, 0.6) is 23.0 Å². The summed E-state index contributed by atoms with van der Waals surface area (Å²) in [5, 5.41) is 0.